The number of halogens is 2. The standard InChI is InChI=1S/C24H16ClF/c1-17-3-7-19(8-4-17)11-13-21-15-16-22(24(26)23(21)25)14-12-20-9-5-18(2)6-10-20/h3-10,15-16H,1-2H3. The lowest BCUT2D eigenvalue weighted by molar-refractivity contribution is 0.624. The van der Waals surface area contributed by atoms with Crippen LogP contribution in [0.4, 0.5) is 4.39 Å². The minimum absolute atomic E-state index is 0.000294. The molecule has 0 fully saturated rings. The normalized spacial score (nSPS) is 9.69. The van der Waals surface area contributed by atoms with E-state index in [9.17, 15) is 4.39 Å². The van der Waals surface area contributed by atoms with Crippen molar-refractivity contribution in [3.05, 3.63) is 105 Å². The minimum Gasteiger partial charge on any atom is -0.204 e. The van der Waals surface area contributed by atoms with Gasteiger partial charge in [-0.25, -0.2) is 4.39 Å². The van der Waals surface area contributed by atoms with Gasteiger partial charge in [0.25, 0.3) is 0 Å². The smallest absolute Gasteiger partial charge is 0.158 e. The molecule has 0 aliphatic carbocycles. The lowest BCUT2D eigenvalue weighted by atomic mass is 10.1. The second kappa shape index (κ2) is 7.92. The quantitative estimate of drug-likeness (QED) is 0.439. The molecule has 0 bridgehead atoms. The molecule has 0 nitrogen and oxygen atoms in total. The van der Waals surface area contributed by atoms with Crippen LogP contribution in [-0.4, -0.2) is 0 Å². The van der Waals surface area contributed by atoms with Crippen LogP contribution >= 0.6 is 11.6 Å². The molecule has 0 aliphatic rings. The summed E-state index contributed by atoms with van der Waals surface area (Å²) in [5, 5.41) is 0.000294. The van der Waals surface area contributed by atoms with Gasteiger partial charge in [-0.05, 0) is 50.2 Å². The summed E-state index contributed by atoms with van der Waals surface area (Å²) in [6, 6.07) is 18.9. The molecule has 0 aliphatic heterocycles. The maximum atomic E-state index is 14.5. The molecule has 3 rings (SSSR count). The summed E-state index contributed by atoms with van der Waals surface area (Å²) < 4.78 is 14.5. The molecular weight excluding hydrogens is 343 g/mol. The summed E-state index contributed by atoms with van der Waals surface area (Å²) in [5.74, 6) is 11.2. The fourth-order valence-electron chi connectivity index (χ4n) is 2.30. The molecule has 0 aromatic heterocycles. The van der Waals surface area contributed by atoms with Crippen molar-refractivity contribution < 1.29 is 4.39 Å². The Bertz CT molecular complexity index is 965. The molecule has 3 aromatic carbocycles. The van der Waals surface area contributed by atoms with Crippen molar-refractivity contribution in [2.24, 2.45) is 0 Å². The van der Waals surface area contributed by atoms with E-state index in [2.05, 4.69) is 23.7 Å². The van der Waals surface area contributed by atoms with Crippen LogP contribution in [0.25, 0.3) is 0 Å². The zero-order chi connectivity index (χ0) is 18.5. The molecule has 26 heavy (non-hydrogen) atoms. The average molecular weight is 359 g/mol. The fourth-order valence-corrected chi connectivity index (χ4v) is 2.51. The van der Waals surface area contributed by atoms with Crippen molar-refractivity contribution in [2.75, 3.05) is 0 Å². The molecule has 0 heterocycles. The van der Waals surface area contributed by atoms with Crippen LogP contribution in [0.3, 0.4) is 0 Å². The Morgan fingerprint density at radius 1 is 0.615 bits per heavy atom. The minimum atomic E-state index is -0.540. The molecule has 0 atom stereocenters. The fraction of sp³-hybridized carbons (Fsp3) is 0.0833. The highest BCUT2D eigenvalue weighted by atomic mass is 35.5. The first-order chi connectivity index (χ1) is 12.5. The Kier molecular flexibility index (Phi) is 5.43. The molecule has 2 heteroatoms. The first kappa shape index (κ1) is 17.8. The summed E-state index contributed by atoms with van der Waals surface area (Å²) in [6.07, 6.45) is 0. The van der Waals surface area contributed by atoms with Gasteiger partial charge in [-0.1, -0.05) is 70.7 Å². The first-order valence-corrected chi connectivity index (χ1v) is 8.56. The topological polar surface area (TPSA) is 0 Å². The van der Waals surface area contributed by atoms with E-state index in [4.69, 9.17) is 11.6 Å². The molecule has 3 aromatic rings. The van der Waals surface area contributed by atoms with Crippen molar-refractivity contribution in [1.82, 2.24) is 0 Å². The van der Waals surface area contributed by atoms with Gasteiger partial charge < -0.3 is 0 Å². The number of aryl methyl sites for hydroxylation is 2. The summed E-state index contributed by atoms with van der Waals surface area (Å²) in [5.41, 5.74) is 4.71. The van der Waals surface area contributed by atoms with Crippen molar-refractivity contribution in [2.45, 2.75) is 13.8 Å². The van der Waals surface area contributed by atoms with Gasteiger partial charge in [-0.3, -0.25) is 0 Å². The highest BCUT2D eigenvalue weighted by Crippen LogP contribution is 2.22. The van der Waals surface area contributed by atoms with E-state index >= 15 is 0 Å². The molecule has 0 N–H and O–H groups in total. The molecule has 0 radical (unpaired) electrons. The van der Waals surface area contributed by atoms with Crippen molar-refractivity contribution >= 4 is 11.6 Å². The van der Waals surface area contributed by atoms with Crippen molar-refractivity contribution in [3.63, 3.8) is 0 Å². The van der Waals surface area contributed by atoms with Gasteiger partial charge in [0.1, 0.15) is 0 Å². The van der Waals surface area contributed by atoms with E-state index in [1.165, 1.54) is 0 Å². The Labute approximate surface area is 158 Å². The average Bonchev–Trinajstić information content (AvgIpc) is 2.65. The van der Waals surface area contributed by atoms with Gasteiger partial charge in [-0.15, -0.1) is 0 Å². The SMILES string of the molecule is Cc1ccc(C#Cc2ccc(C#Cc3ccc(C)cc3)c(Cl)c2F)cc1. The lowest BCUT2D eigenvalue weighted by Gasteiger charge is -2.01. The van der Waals surface area contributed by atoms with Crippen LogP contribution in [0.5, 0.6) is 0 Å². The number of rotatable bonds is 0. The largest absolute Gasteiger partial charge is 0.204 e. The molecule has 0 spiro atoms. The Hall–Kier alpha value is -3.00. The summed E-state index contributed by atoms with van der Waals surface area (Å²) in [4.78, 5) is 0. The van der Waals surface area contributed by atoms with Gasteiger partial charge in [0.15, 0.2) is 5.82 Å². The van der Waals surface area contributed by atoms with Crippen LogP contribution in [0.2, 0.25) is 5.02 Å². The highest BCUT2D eigenvalue weighted by Gasteiger charge is 2.09. The van der Waals surface area contributed by atoms with E-state index in [0.29, 0.717) is 5.56 Å². The number of benzene rings is 3. The zero-order valence-corrected chi connectivity index (χ0v) is 15.3. The third-order valence-electron chi connectivity index (χ3n) is 3.87. The van der Waals surface area contributed by atoms with Crippen molar-refractivity contribution in [1.29, 1.82) is 0 Å². The van der Waals surface area contributed by atoms with Crippen molar-refractivity contribution in [3.8, 4) is 23.7 Å². The molecular formula is C24H16ClF. The monoisotopic (exact) mass is 358 g/mol. The van der Waals surface area contributed by atoms with Crippen LogP contribution in [-0.2, 0) is 0 Å². The summed E-state index contributed by atoms with van der Waals surface area (Å²) in [7, 11) is 0. The highest BCUT2D eigenvalue weighted by molar-refractivity contribution is 6.32. The van der Waals surface area contributed by atoms with E-state index in [-0.39, 0.29) is 10.6 Å². The van der Waals surface area contributed by atoms with Crippen LogP contribution in [0, 0.1) is 43.3 Å². The van der Waals surface area contributed by atoms with Gasteiger partial charge in [-0.2, -0.15) is 0 Å². The number of hydrogen-bond acceptors (Lipinski definition) is 0. The molecule has 0 saturated heterocycles. The zero-order valence-electron chi connectivity index (χ0n) is 14.5. The maximum absolute atomic E-state index is 14.5. The van der Waals surface area contributed by atoms with Gasteiger partial charge in [0.05, 0.1) is 10.6 Å². The van der Waals surface area contributed by atoms with Crippen LogP contribution in [0.15, 0.2) is 60.7 Å². The van der Waals surface area contributed by atoms with E-state index in [1.807, 2.05) is 62.4 Å². The Balaban J connectivity index is 1.87. The Morgan fingerprint density at radius 3 is 1.54 bits per heavy atom. The second-order valence-electron chi connectivity index (χ2n) is 6.02. The second-order valence-corrected chi connectivity index (χ2v) is 6.40. The van der Waals surface area contributed by atoms with Gasteiger partial charge >= 0.3 is 0 Å². The summed E-state index contributed by atoms with van der Waals surface area (Å²) in [6.45, 7) is 4.02. The van der Waals surface area contributed by atoms with E-state index in [1.54, 1.807) is 12.1 Å². The van der Waals surface area contributed by atoms with Gasteiger partial charge in [0.2, 0.25) is 0 Å². The van der Waals surface area contributed by atoms with E-state index < -0.39 is 5.82 Å². The number of hydrogen-bond donors (Lipinski definition) is 0. The lowest BCUT2D eigenvalue weighted by Crippen LogP contribution is -1.89. The van der Waals surface area contributed by atoms with E-state index in [0.717, 1.165) is 22.3 Å². The van der Waals surface area contributed by atoms with Gasteiger partial charge in [0, 0.05) is 16.7 Å². The third-order valence-corrected chi connectivity index (χ3v) is 4.24. The van der Waals surface area contributed by atoms with Crippen LogP contribution < -0.4 is 0 Å². The Morgan fingerprint density at radius 2 is 1.04 bits per heavy atom. The molecule has 0 saturated carbocycles. The maximum Gasteiger partial charge on any atom is 0.158 e. The summed E-state index contributed by atoms with van der Waals surface area (Å²) >= 11 is 6.15. The third kappa shape index (κ3) is 4.34. The predicted octanol–water partition coefficient (Wildman–Crippen LogP) is 5.90. The molecule has 126 valence electrons. The van der Waals surface area contributed by atoms with Crippen LogP contribution in [0.1, 0.15) is 33.4 Å². The molecule has 0 unspecified atom stereocenters. The molecule has 0 amide bonds. The first-order valence-electron chi connectivity index (χ1n) is 8.18. The predicted molar refractivity (Wildman–Crippen MR) is 106 cm³/mol.